The first-order valence-electron chi connectivity index (χ1n) is 7.79. The minimum Gasteiger partial charge on any atom is -0.481 e. The fraction of sp³-hybridized carbons (Fsp3) is 0.933. The number of hydrogen-bond acceptors (Lipinski definition) is 3. The van der Waals surface area contributed by atoms with Crippen molar-refractivity contribution >= 4 is 5.97 Å². The van der Waals surface area contributed by atoms with E-state index in [-0.39, 0.29) is 11.5 Å². The lowest BCUT2D eigenvalue weighted by atomic mass is 9.86. The highest BCUT2D eigenvalue weighted by Crippen LogP contribution is 2.41. The molecule has 4 heteroatoms. The Morgan fingerprint density at radius 2 is 1.84 bits per heavy atom. The summed E-state index contributed by atoms with van der Waals surface area (Å²) < 4.78 is 6.09. The summed E-state index contributed by atoms with van der Waals surface area (Å²) in [6.07, 6.45) is 9.02. The summed E-state index contributed by atoms with van der Waals surface area (Å²) in [5.74, 6) is -0.726. The second kappa shape index (κ2) is 5.41. The second-order valence-corrected chi connectivity index (χ2v) is 6.53. The lowest BCUT2D eigenvalue weighted by Crippen LogP contribution is -2.50. The first kappa shape index (κ1) is 13.4. The monoisotopic (exact) mass is 267 g/mol. The van der Waals surface area contributed by atoms with Crippen molar-refractivity contribution in [2.45, 2.75) is 63.0 Å². The van der Waals surface area contributed by atoms with Crippen molar-refractivity contribution in [1.29, 1.82) is 0 Å². The van der Waals surface area contributed by atoms with Gasteiger partial charge in [0.1, 0.15) is 0 Å². The van der Waals surface area contributed by atoms with Gasteiger partial charge >= 0.3 is 5.97 Å². The van der Waals surface area contributed by atoms with Gasteiger partial charge in [-0.15, -0.1) is 0 Å². The molecule has 0 aromatic heterocycles. The van der Waals surface area contributed by atoms with Crippen LogP contribution in [-0.4, -0.2) is 47.3 Å². The van der Waals surface area contributed by atoms with Crippen molar-refractivity contribution < 1.29 is 14.6 Å². The van der Waals surface area contributed by atoms with Gasteiger partial charge in [0.2, 0.25) is 0 Å². The molecule has 1 unspecified atom stereocenters. The van der Waals surface area contributed by atoms with Crippen LogP contribution in [-0.2, 0) is 9.53 Å². The van der Waals surface area contributed by atoms with E-state index in [1.54, 1.807) is 0 Å². The highest BCUT2D eigenvalue weighted by atomic mass is 16.5. The van der Waals surface area contributed by atoms with Gasteiger partial charge in [0, 0.05) is 12.6 Å². The number of carboxylic acid groups (broad SMARTS) is 1. The molecule has 3 aliphatic rings. The maximum absolute atomic E-state index is 11.0. The zero-order chi connectivity index (χ0) is 13.3. The molecule has 1 N–H and O–H groups in total. The average Bonchev–Trinajstić information content (AvgIpc) is 2.87. The van der Waals surface area contributed by atoms with Crippen molar-refractivity contribution in [3.63, 3.8) is 0 Å². The minimum absolute atomic E-state index is 0.114. The number of carbonyl (C=O) groups is 1. The number of carboxylic acids is 1. The molecule has 3 fully saturated rings. The molecular weight excluding hydrogens is 242 g/mol. The molecule has 0 amide bonds. The van der Waals surface area contributed by atoms with Crippen LogP contribution < -0.4 is 0 Å². The van der Waals surface area contributed by atoms with Gasteiger partial charge in [-0.1, -0.05) is 12.8 Å². The maximum atomic E-state index is 11.0. The highest BCUT2D eigenvalue weighted by molar-refractivity contribution is 5.70. The topological polar surface area (TPSA) is 49.8 Å². The molecule has 1 atom stereocenters. The van der Waals surface area contributed by atoms with Crippen LogP contribution in [0.15, 0.2) is 0 Å². The molecule has 2 saturated heterocycles. The van der Waals surface area contributed by atoms with Crippen molar-refractivity contribution in [3.8, 4) is 0 Å². The number of rotatable bonds is 2. The van der Waals surface area contributed by atoms with Gasteiger partial charge < -0.3 is 14.7 Å². The third kappa shape index (κ3) is 2.79. The molecule has 0 radical (unpaired) electrons. The fourth-order valence-electron chi connectivity index (χ4n) is 4.19. The van der Waals surface area contributed by atoms with Gasteiger partial charge in [-0.05, 0) is 51.6 Å². The quantitative estimate of drug-likeness (QED) is 0.834. The number of likely N-dealkylation sites (tertiary alicyclic amines) is 1. The third-order valence-corrected chi connectivity index (χ3v) is 5.38. The fourth-order valence-corrected chi connectivity index (χ4v) is 4.19. The summed E-state index contributed by atoms with van der Waals surface area (Å²) in [5, 5.41) is 9.06. The Morgan fingerprint density at radius 1 is 1.16 bits per heavy atom. The molecule has 0 aromatic rings. The summed E-state index contributed by atoms with van der Waals surface area (Å²) >= 11 is 0. The van der Waals surface area contributed by atoms with Crippen molar-refractivity contribution in [3.05, 3.63) is 0 Å². The number of ether oxygens (including phenoxy) is 1. The summed E-state index contributed by atoms with van der Waals surface area (Å²) in [6, 6.07) is 0.626. The first-order valence-corrected chi connectivity index (χ1v) is 7.79. The zero-order valence-corrected chi connectivity index (χ0v) is 11.6. The van der Waals surface area contributed by atoms with Gasteiger partial charge in [0.05, 0.1) is 11.5 Å². The lowest BCUT2D eigenvalue weighted by Gasteiger charge is -2.44. The maximum Gasteiger partial charge on any atom is 0.306 e. The van der Waals surface area contributed by atoms with Gasteiger partial charge in [0.15, 0.2) is 0 Å². The van der Waals surface area contributed by atoms with Crippen LogP contribution in [0.3, 0.4) is 0 Å². The van der Waals surface area contributed by atoms with Crippen LogP contribution in [0.1, 0.15) is 51.4 Å². The Hall–Kier alpha value is -0.610. The van der Waals surface area contributed by atoms with Gasteiger partial charge in [-0.25, -0.2) is 0 Å². The van der Waals surface area contributed by atoms with E-state index in [9.17, 15) is 4.79 Å². The second-order valence-electron chi connectivity index (χ2n) is 6.53. The molecule has 1 saturated carbocycles. The van der Waals surface area contributed by atoms with Crippen LogP contribution in [0.4, 0.5) is 0 Å². The predicted molar refractivity (Wildman–Crippen MR) is 72.1 cm³/mol. The molecule has 108 valence electrons. The Kier molecular flexibility index (Phi) is 3.81. The first-order chi connectivity index (χ1) is 9.19. The number of nitrogens with zero attached hydrogens (tertiary/aromatic N) is 1. The molecule has 4 nitrogen and oxygen atoms in total. The Balaban J connectivity index is 1.56. The van der Waals surface area contributed by atoms with Gasteiger partial charge in [0.25, 0.3) is 0 Å². The van der Waals surface area contributed by atoms with E-state index in [2.05, 4.69) is 4.90 Å². The van der Waals surface area contributed by atoms with Crippen molar-refractivity contribution in [1.82, 2.24) is 4.90 Å². The molecule has 3 rings (SSSR count). The molecule has 1 spiro atoms. The van der Waals surface area contributed by atoms with E-state index in [1.807, 2.05) is 0 Å². The van der Waals surface area contributed by atoms with Crippen molar-refractivity contribution in [2.75, 3.05) is 19.7 Å². The molecule has 0 aromatic carbocycles. The van der Waals surface area contributed by atoms with Gasteiger partial charge in [-0.3, -0.25) is 4.79 Å². The summed E-state index contributed by atoms with van der Waals surface area (Å²) in [5.41, 5.74) is 0.173. The normalized spacial score (nSPS) is 32.7. The van der Waals surface area contributed by atoms with Crippen LogP contribution in [0.25, 0.3) is 0 Å². The van der Waals surface area contributed by atoms with Crippen LogP contribution >= 0.6 is 0 Å². The van der Waals surface area contributed by atoms with Crippen LogP contribution in [0.5, 0.6) is 0 Å². The third-order valence-electron chi connectivity index (χ3n) is 5.38. The number of hydrogen-bond donors (Lipinski definition) is 1. The van der Waals surface area contributed by atoms with E-state index < -0.39 is 5.97 Å². The van der Waals surface area contributed by atoms with E-state index in [1.165, 1.54) is 32.1 Å². The molecule has 0 bridgehead atoms. The van der Waals surface area contributed by atoms with E-state index in [4.69, 9.17) is 9.84 Å². The van der Waals surface area contributed by atoms with Crippen LogP contribution in [0, 0.1) is 5.92 Å². The van der Waals surface area contributed by atoms with E-state index in [0.717, 1.165) is 39.0 Å². The standard InChI is InChI=1S/C15H25NO3/c17-14(18)12-3-8-16(9-4-12)13-5-10-19-15(11-13)6-1-2-7-15/h12-13H,1-11H2,(H,17,18). The molecule has 19 heavy (non-hydrogen) atoms. The highest BCUT2D eigenvalue weighted by Gasteiger charge is 2.42. The molecule has 1 aliphatic carbocycles. The number of piperidine rings is 1. The lowest BCUT2D eigenvalue weighted by molar-refractivity contribution is -0.144. The van der Waals surface area contributed by atoms with Crippen LogP contribution in [0.2, 0.25) is 0 Å². The average molecular weight is 267 g/mol. The smallest absolute Gasteiger partial charge is 0.306 e. The molecule has 2 aliphatic heterocycles. The summed E-state index contributed by atoms with van der Waals surface area (Å²) in [7, 11) is 0. The van der Waals surface area contributed by atoms with E-state index in [0.29, 0.717) is 6.04 Å². The van der Waals surface area contributed by atoms with Crippen molar-refractivity contribution in [2.24, 2.45) is 5.92 Å². The number of aliphatic carboxylic acids is 1. The minimum atomic E-state index is -0.612. The summed E-state index contributed by atoms with van der Waals surface area (Å²) in [6.45, 7) is 2.80. The molecular formula is C15H25NO3. The Labute approximate surface area is 115 Å². The SMILES string of the molecule is O=C(O)C1CCN(C2CCOC3(CCCC3)C2)CC1. The largest absolute Gasteiger partial charge is 0.481 e. The predicted octanol–water partition coefficient (Wildman–Crippen LogP) is 2.27. The molecule has 2 heterocycles. The Morgan fingerprint density at radius 3 is 2.47 bits per heavy atom. The van der Waals surface area contributed by atoms with Gasteiger partial charge in [-0.2, -0.15) is 0 Å². The van der Waals surface area contributed by atoms with E-state index >= 15 is 0 Å². The zero-order valence-electron chi connectivity index (χ0n) is 11.6. The summed E-state index contributed by atoms with van der Waals surface area (Å²) in [4.78, 5) is 13.5. The Bertz CT molecular complexity index is 330.